The molecule has 28 heavy (non-hydrogen) atoms. The third-order valence-corrected chi connectivity index (χ3v) is 3.67. The first kappa shape index (κ1) is 21.1. The van der Waals surface area contributed by atoms with Gasteiger partial charge in [0.05, 0.1) is 26.0 Å². The summed E-state index contributed by atoms with van der Waals surface area (Å²) in [4.78, 5) is 10.7. The van der Waals surface area contributed by atoms with E-state index in [2.05, 4.69) is 30.4 Å². The van der Waals surface area contributed by atoms with E-state index in [9.17, 15) is 4.79 Å². The van der Waals surface area contributed by atoms with Crippen molar-refractivity contribution >= 4 is 12.2 Å². The standard InChI is InChI=1S/C21H27N3O4/c1-4-26-20-13-17(14-23-24-21(22)25)6-7-19(20)28-9-5-8-27-18-11-15(2)10-16(3)12-18/h6-7,10-14H,4-5,8-9H2,1-3H3,(H3,22,24,25). The Kier molecular flexibility index (Phi) is 8.14. The molecule has 7 nitrogen and oxygen atoms in total. The molecule has 0 aliphatic rings. The zero-order valence-electron chi connectivity index (χ0n) is 16.5. The van der Waals surface area contributed by atoms with Crippen LogP contribution in [0.2, 0.25) is 0 Å². The van der Waals surface area contributed by atoms with Crippen molar-refractivity contribution in [3.8, 4) is 17.2 Å². The number of hydrogen-bond donors (Lipinski definition) is 2. The number of rotatable bonds is 10. The highest BCUT2D eigenvalue weighted by molar-refractivity contribution is 5.82. The maximum Gasteiger partial charge on any atom is 0.332 e. The van der Waals surface area contributed by atoms with Gasteiger partial charge in [-0.25, -0.2) is 10.2 Å². The number of hydrogen-bond acceptors (Lipinski definition) is 5. The summed E-state index contributed by atoms with van der Waals surface area (Å²) in [5.74, 6) is 2.13. The van der Waals surface area contributed by atoms with Crippen molar-refractivity contribution in [3.05, 3.63) is 53.1 Å². The molecule has 150 valence electrons. The van der Waals surface area contributed by atoms with Crippen LogP contribution in [0.5, 0.6) is 17.2 Å². The maximum absolute atomic E-state index is 10.7. The number of benzene rings is 2. The molecule has 7 heteroatoms. The Balaban J connectivity index is 1.86. The van der Waals surface area contributed by atoms with Gasteiger partial charge >= 0.3 is 6.03 Å². The average molecular weight is 385 g/mol. The van der Waals surface area contributed by atoms with Gasteiger partial charge in [0.2, 0.25) is 0 Å². The first-order valence-electron chi connectivity index (χ1n) is 9.17. The van der Waals surface area contributed by atoms with Gasteiger partial charge in [-0.3, -0.25) is 0 Å². The Morgan fingerprint density at radius 3 is 2.43 bits per heavy atom. The summed E-state index contributed by atoms with van der Waals surface area (Å²) < 4.78 is 17.3. The van der Waals surface area contributed by atoms with Crippen LogP contribution >= 0.6 is 0 Å². The number of hydrazone groups is 1. The summed E-state index contributed by atoms with van der Waals surface area (Å²) in [7, 11) is 0. The first-order chi connectivity index (χ1) is 13.5. The molecule has 2 aromatic carbocycles. The number of ether oxygens (including phenoxy) is 3. The Bertz CT molecular complexity index is 801. The molecule has 0 unspecified atom stereocenters. The van der Waals surface area contributed by atoms with Gasteiger partial charge in [0.15, 0.2) is 11.5 Å². The van der Waals surface area contributed by atoms with Crippen LogP contribution in [0.1, 0.15) is 30.0 Å². The molecular formula is C21H27N3O4. The summed E-state index contributed by atoms with van der Waals surface area (Å²) in [6.07, 6.45) is 2.22. The SMILES string of the molecule is CCOc1cc(C=NNC(N)=O)ccc1OCCCOc1cc(C)cc(C)c1. The minimum atomic E-state index is -0.718. The molecular weight excluding hydrogens is 358 g/mol. The van der Waals surface area contributed by atoms with E-state index >= 15 is 0 Å². The topological polar surface area (TPSA) is 95.2 Å². The highest BCUT2D eigenvalue weighted by Gasteiger charge is 2.06. The van der Waals surface area contributed by atoms with Crippen LogP contribution in [-0.4, -0.2) is 32.1 Å². The predicted molar refractivity (Wildman–Crippen MR) is 109 cm³/mol. The summed E-state index contributed by atoms with van der Waals surface area (Å²) in [6.45, 7) is 7.58. The van der Waals surface area contributed by atoms with E-state index in [1.54, 1.807) is 12.1 Å². The molecule has 0 bridgehead atoms. The van der Waals surface area contributed by atoms with Gasteiger partial charge in [-0.1, -0.05) is 6.07 Å². The number of carbonyl (C=O) groups is 1. The molecule has 0 fully saturated rings. The third-order valence-electron chi connectivity index (χ3n) is 3.67. The molecule has 0 aliphatic carbocycles. The zero-order chi connectivity index (χ0) is 20.4. The van der Waals surface area contributed by atoms with Crippen molar-refractivity contribution in [3.63, 3.8) is 0 Å². The van der Waals surface area contributed by atoms with Crippen LogP contribution in [0.15, 0.2) is 41.5 Å². The fraction of sp³-hybridized carbons (Fsp3) is 0.333. The monoisotopic (exact) mass is 385 g/mol. The number of primary amides is 1. The molecule has 0 aliphatic heterocycles. The Hall–Kier alpha value is -3.22. The highest BCUT2D eigenvalue weighted by Crippen LogP contribution is 2.28. The van der Waals surface area contributed by atoms with Crippen LogP contribution in [0.4, 0.5) is 4.79 Å². The van der Waals surface area contributed by atoms with Crippen LogP contribution in [0.3, 0.4) is 0 Å². The van der Waals surface area contributed by atoms with Crippen LogP contribution in [0.25, 0.3) is 0 Å². The summed E-state index contributed by atoms with van der Waals surface area (Å²) in [6, 6.07) is 10.9. The maximum atomic E-state index is 10.7. The van der Waals surface area contributed by atoms with E-state index in [1.807, 2.05) is 25.1 Å². The molecule has 0 spiro atoms. The normalized spacial score (nSPS) is 10.7. The molecule has 2 amide bonds. The van der Waals surface area contributed by atoms with Gasteiger partial charge < -0.3 is 19.9 Å². The number of nitrogens with one attached hydrogen (secondary N) is 1. The van der Waals surface area contributed by atoms with Crippen LogP contribution < -0.4 is 25.4 Å². The van der Waals surface area contributed by atoms with Gasteiger partial charge in [-0.15, -0.1) is 0 Å². The van der Waals surface area contributed by atoms with Crippen molar-refractivity contribution in [2.45, 2.75) is 27.2 Å². The van der Waals surface area contributed by atoms with E-state index in [0.717, 1.165) is 17.7 Å². The number of carbonyl (C=O) groups excluding carboxylic acids is 1. The lowest BCUT2D eigenvalue weighted by atomic mass is 10.1. The molecule has 3 N–H and O–H groups in total. The van der Waals surface area contributed by atoms with Gasteiger partial charge in [-0.2, -0.15) is 5.10 Å². The first-order valence-corrected chi connectivity index (χ1v) is 9.17. The molecule has 0 saturated carbocycles. The van der Waals surface area contributed by atoms with Crippen molar-refractivity contribution in [1.29, 1.82) is 0 Å². The smallest absolute Gasteiger partial charge is 0.332 e. The van der Waals surface area contributed by atoms with Crippen molar-refractivity contribution in [1.82, 2.24) is 5.43 Å². The largest absolute Gasteiger partial charge is 0.493 e. The number of nitrogens with two attached hydrogens (primary N) is 1. The molecule has 2 aromatic rings. The number of nitrogens with zero attached hydrogens (tertiary/aromatic N) is 1. The molecule has 0 saturated heterocycles. The minimum absolute atomic E-state index is 0.502. The fourth-order valence-electron chi connectivity index (χ4n) is 2.61. The fourth-order valence-corrected chi connectivity index (χ4v) is 2.61. The van der Waals surface area contributed by atoms with Gasteiger partial charge in [-0.05, 0) is 67.8 Å². The van der Waals surface area contributed by atoms with Crippen molar-refractivity contribution < 1.29 is 19.0 Å². The second kappa shape index (κ2) is 10.8. The Morgan fingerprint density at radius 2 is 1.75 bits per heavy atom. The average Bonchev–Trinajstić information content (AvgIpc) is 2.62. The van der Waals surface area contributed by atoms with E-state index in [4.69, 9.17) is 19.9 Å². The van der Waals surface area contributed by atoms with Crippen LogP contribution in [-0.2, 0) is 0 Å². The van der Waals surface area contributed by atoms with Gasteiger partial charge in [0.25, 0.3) is 0 Å². The van der Waals surface area contributed by atoms with Crippen LogP contribution in [0, 0.1) is 13.8 Å². The van der Waals surface area contributed by atoms with Gasteiger partial charge in [0.1, 0.15) is 5.75 Å². The lowest BCUT2D eigenvalue weighted by molar-refractivity contribution is 0.236. The lowest BCUT2D eigenvalue weighted by Gasteiger charge is -2.13. The van der Waals surface area contributed by atoms with Crippen molar-refractivity contribution in [2.75, 3.05) is 19.8 Å². The van der Waals surface area contributed by atoms with E-state index in [1.165, 1.54) is 17.3 Å². The minimum Gasteiger partial charge on any atom is -0.493 e. The predicted octanol–water partition coefficient (Wildman–Crippen LogP) is 3.55. The third kappa shape index (κ3) is 7.19. The Morgan fingerprint density at radius 1 is 1.04 bits per heavy atom. The van der Waals surface area contributed by atoms with E-state index in [-0.39, 0.29) is 0 Å². The highest BCUT2D eigenvalue weighted by atomic mass is 16.5. The number of aryl methyl sites for hydroxylation is 2. The second-order valence-corrected chi connectivity index (χ2v) is 6.25. The lowest BCUT2D eigenvalue weighted by Crippen LogP contribution is -2.24. The molecule has 0 aromatic heterocycles. The molecule has 0 radical (unpaired) electrons. The number of urea groups is 1. The quantitative estimate of drug-likeness (QED) is 0.371. The Labute approximate surface area is 165 Å². The summed E-state index contributed by atoms with van der Waals surface area (Å²) in [5.41, 5.74) is 10.2. The summed E-state index contributed by atoms with van der Waals surface area (Å²) >= 11 is 0. The second-order valence-electron chi connectivity index (χ2n) is 6.25. The molecule has 0 atom stereocenters. The van der Waals surface area contributed by atoms with Crippen molar-refractivity contribution in [2.24, 2.45) is 10.8 Å². The van der Waals surface area contributed by atoms with E-state index < -0.39 is 6.03 Å². The van der Waals surface area contributed by atoms with E-state index in [0.29, 0.717) is 31.3 Å². The molecule has 0 heterocycles. The zero-order valence-corrected chi connectivity index (χ0v) is 16.5. The van der Waals surface area contributed by atoms with Gasteiger partial charge in [0, 0.05) is 6.42 Å². The number of amides is 2. The molecule has 2 rings (SSSR count). The summed E-state index contributed by atoms with van der Waals surface area (Å²) in [5, 5.41) is 3.74.